The molecule has 1 fully saturated rings. The number of rotatable bonds is 3. The van der Waals surface area contributed by atoms with Crippen molar-refractivity contribution in [1.82, 2.24) is 5.32 Å². The standard InChI is InChI=1S/C16H20N2O/c17-11-5-10-13-6-1-4-9-15(13)12-18-16(19)14-7-2-3-8-14/h1,4,6,9,14H,2-3,7-8,11-12,17H2,(H,18,19). The Balaban J connectivity index is 1.97. The lowest BCUT2D eigenvalue weighted by molar-refractivity contribution is -0.124. The van der Waals surface area contributed by atoms with Crippen molar-refractivity contribution in [2.24, 2.45) is 11.7 Å². The Hall–Kier alpha value is -1.79. The first-order valence-electron chi connectivity index (χ1n) is 6.86. The van der Waals surface area contributed by atoms with Gasteiger partial charge in [-0.2, -0.15) is 0 Å². The Morgan fingerprint density at radius 2 is 2.05 bits per heavy atom. The summed E-state index contributed by atoms with van der Waals surface area (Å²) in [5, 5.41) is 3.02. The molecule has 1 aromatic carbocycles. The quantitative estimate of drug-likeness (QED) is 0.810. The fourth-order valence-corrected chi connectivity index (χ4v) is 2.46. The summed E-state index contributed by atoms with van der Waals surface area (Å²) in [6.45, 7) is 0.896. The molecular formula is C16H20N2O. The molecule has 19 heavy (non-hydrogen) atoms. The minimum atomic E-state index is 0.180. The number of nitrogens with one attached hydrogen (secondary N) is 1. The zero-order chi connectivity index (χ0) is 13.5. The average Bonchev–Trinajstić information content (AvgIpc) is 2.97. The number of carbonyl (C=O) groups is 1. The van der Waals surface area contributed by atoms with Crippen molar-refractivity contribution in [3.05, 3.63) is 35.4 Å². The molecule has 0 unspecified atom stereocenters. The smallest absolute Gasteiger partial charge is 0.223 e. The highest BCUT2D eigenvalue weighted by molar-refractivity contribution is 5.78. The maximum atomic E-state index is 12.0. The van der Waals surface area contributed by atoms with Gasteiger partial charge in [0.15, 0.2) is 0 Å². The molecule has 1 saturated carbocycles. The van der Waals surface area contributed by atoms with Gasteiger partial charge in [0, 0.05) is 18.0 Å². The summed E-state index contributed by atoms with van der Waals surface area (Å²) in [5.41, 5.74) is 7.38. The summed E-state index contributed by atoms with van der Waals surface area (Å²) < 4.78 is 0. The average molecular weight is 256 g/mol. The summed E-state index contributed by atoms with van der Waals surface area (Å²) in [4.78, 5) is 12.0. The first-order chi connectivity index (χ1) is 9.31. The molecule has 1 amide bonds. The Morgan fingerprint density at radius 1 is 1.32 bits per heavy atom. The zero-order valence-corrected chi connectivity index (χ0v) is 11.1. The fourth-order valence-electron chi connectivity index (χ4n) is 2.46. The lowest BCUT2D eigenvalue weighted by Crippen LogP contribution is -2.29. The van der Waals surface area contributed by atoms with Gasteiger partial charge in [-0.05, 0) is 24.5 Å². The van der Waals surface area contributed by atoms with Crippen LogP contribution in [0, 0.1) is 17.8 Å². The van der Waals surface area contributed by atoms with E-state index in [0.29, 0.717) is 13.1 Å². The van der Waals surface area contributed by atoms with Gasteiger partial charge in [-0.3, -0.25) is 4.79 Å². The number of nitrogens with two attached hydrogens (primary N) is 1. The molecule has 0 radical (unpaired) electrons. The van der Waals surface area contributed by atoms with Gasteiger partial charge in [-0.15, -0.1) is 0 Å². The number of hydrogen-bond donors (Lipinski definition) is 2. The van der Waals surface area contributed by atoms with Gasteiger partial charge in [0.25, 0.3) is 0 Å². The van der Waals surface area contributed by atoms with Crippen LogP contribution in [0.5, 0.6) is 0 Å². The van der Waals surface area contributed by atoms with Gasteiger partial charge in [0.2, 0.25) is 5.91 Å². The summed E-state index contributed by atoms with van der Waals surface area (Å²) in [7, 11) is 0. The molecule has 2 rings (SSSR count). The lowest BCUT2D eigenvalue weighted by Gasteiger charge is -2.11. The van der Waals surface area contributed by atoms with E-state index in [0.717, 1.165) is 24.0 Å². The van der Waals surface area contributed by atoms with E-state index in [1.54, 1.807) is 0 Å². The molecule has 0 spiro atoms. The molecule has 0 heterocycles. The summed E-state index contributed by atoms with van der Waals surface area (Å²) >= 11 is 0. The second-order valence-electron chi connectivity index (χ2n) is 4.86. The Bertz CT molecular complexity index is 493. The van der Waals surface area contributed by atoms with E-state index in [4.69, 9.17) is 5.73 Å². The Kier molecular flexibility index (Phi) is 5.00. The van der Waals surface area contributed by atoms with Crippen LogP contribution in [0.3, 0.4) is 0 Å². The molecular weight excluding hydrogens is 236 g/mol. The van der Waals surface area contributed by atoms with Crippen LogP contribution in [-0.4, -0.2) is 12.5 Å². The third-order valence-corrected chi connectivity index (χ3v) is 3.52. The molecule has 0 aromatic heterocycles. The highest BCUT2D eigenvalue weighted by atomic mass is 16.1. The third-order valence-electron chi connectivity index (χ3n) is 3.52. The first kappa shape index (κ1) is 13.6. The maximum Gasteiger partial charge on any atom is 0.223 e. The van der Waals surface area contributed by atoms with Gasteiger partial charge in [-0.1, -0.05) is 42.9 Å². The van der Waals surface area contributed by atoms with Crippen molar-refractivity contribution >= 4 is 5.91 Å². The predicted octanol–water partition coefficient (Wildman–Crippen LogP) is 1.80. The zero-order valence-electron chi connectivity index (χ0n) is 11.1. The van der Waals surface area contributed by atoms with Gasteiger partial charge in [-0.25, -0.2) is 0 Å². The molecule has 3 heteroatoms. The van der Waals surface area contributed by atoms with Crippen molar-refractivity contribution in [2.45, 2.75) is 32.2 Å². The molecule has 3 N–H and O–H groups in total. The monoisotopic (exact) mass is 256 g/mol. The van der Waals surface area contributed by atoms with Crippen molar-refractivity contribution in [3.63, 3.8) is 0 Å². The minimum absolute atomic E-state index is 0.180. The van der Waals surface area contributed by atoms with Crippen molar-refractivity contribution < 1.29 is 4.79 Å². The summed E-state index contributed by atoms with van der Waals surface area (Å²) in [6, 6.07) is 7.86. The molecule has 1 aliphatic rings. The van der Waals surface area contributed by atoms with E-state index in [9.17, 15) is 4.79 Å². The van der Waals surface area contributed by atoms with E-state index >= 15 is 0 Å². The predicted molar refractivity (Wildman–Crippen MR) is 76.2 cm³/mol. The largest absolute Gasteiger partial charge is 0.352 e. The lowest BCUT2D eigenvalue weighted by atomic mass is 10.1. The van der Waals surface area contributed by atoms with Gasteiger partial charge < -0.3 is 11.1 Å². The second kappa shape index (κ2) is 6.96. The molecule has 0 aliphatic heterocycles. The second-order valence-corrected chi connectivity index (χ2v) is 4.86. The topological polar surface area (TPSA) is 55.1 Å². The highest BCUT2D eigenvalue weighted by Gasteiger charge is 2.22. The fraction of sp³-hybridized carbons (Fsp3) is 0.438. The number of benzene rings is 1. The van der Waals surface area contributed by atoms with Crippen molar-refractivity contribution in [1.29, 1.82) is 0 Å². The van der Waals surface area contributed by atoms with E-state index < -0.39 is 0 Å². The molecule has 0 bridgehead atoms. The highest BCUT2D eigenvalue weighted by Crippen LogP contribution is 2.24. The Labute approximate surface area is 114 Å². The van der Waals surface area contributed by atoms with Gasteiger partial charge >= 0.3 is 0 Å². The number of hydrogen-bond acceptors (Lipinski definition) is 2. The van der Waals surface area contributed by atoms with Crippen LogP contribution >= 0.6 is 0 Å². The third kappa shape index (κ3) is 3.84. The number of amides is 1. The van der Waals surface area contributed by atoms with Crippen LogP contribution in [0.15, 0.2) is 24.3 Å². The van der Waals surface area contributed by atoms with Crippen LogP contribution in [0.1, 0.15) is 36.8 Å². The summed E-state index contributed by atoms with van der Waals surface area (Å²) in [6.07, 6.45) is 4.41. The molecule has 1 aliphatic carbocycles. The van der Waals surface area contributed by atoms with Crippen LogP contribution in [0.2, 0.25) is 0 Å². The van der Waals surface area contributed by atoms with Crippen LogP contribution < -0.4 is 11.1 Å². The van der Waals surface area contributed by atoms with E-state index in [1.165, 1.54) is 12.8 Å². The summed E-state index contributed by atoms with van der Waals surface area (Å²) in [5.74, 6) is 6.28. The van der Waals surface area contributed by atoms with E-state index in [2.05, 4.69) is 17.2 Å². The normalized spacial score (nSPS) is 14.8. The van der Waals surface area contributed by atoms with Gasteiger partial charge in [0.05, 0.1) is 6.54 Å². The van der Waals surface area contributed by atoms with E-state index in [1.807, 2.05) is 24.3 Å². The Morgan fingerprint density at radius 3 is 2.79 bits per heavy atom. The molecule has 0 saturated heterocycles. The molecule has 3 nitrogen and oxygen atoms in total. The minimum Gasteiger partial charge on any atom is -0.352 e. The molecule has 1 aromatic rings. The van der Waals surface area contributed by atoms with Crippen molar-refractivity contribution in [3.8, 4) is 11.8 Å². The SMILES string of the molecule is NCC#Cc1ccccc1CNC(=O)C1CCCC1. The van der Waals surface area contributed by atoms with Gasteiger partial charge in [0.1, 0.15) is 0 Å². The number of carbonyl (C=O) groups excluding carboxylic acids is 1. The van der Waals surface area contributed by atoms with Crippen molar-refractivity contribution in [2.75, 3.05) is 6.54 Å². The van der Waals surface area contributed by atoms with Crippen LogP contribution in [0.4, 0.5) is 0 Å². The first-order valence-corrected chi connectivity index (χ1v) is 6.86. The molecule has 100 valence electrons. The maximum absolute atomic E-state index is 12.0. The van der Waals surface area contributed by atoms with E-state index in [-0.39, 0.29) is 11.8 Å². The molecule has 0 atom stereocenters. The van der Waals surface area contributed by atoms with Crippen LogP contribution in [-0.2, 0) is 11.3 Å². The van der Waals surface area contributed by atoms with Crippen LogP contribution in [0.25, 0.3) is 0 Å².